The number of hydrogen-bond acceptors (Lipinski definition) is 3. The van der Waals surface area contributed by atoms with E-state index in [9.17, 15) is 4.79 Å². The predicted molar refractivity (Wildman–Crippen MR) is 71.6 cm³/mol. The highest BCUT2D eigenvalue weighted by molar-refractivity contribution is 5.85. The van der Waals surface area contributed by atoms with Gasteiger partial charge >= 0.3 is 0 Å². The Morgan fingerprint density at radius 2 is 2.06 bits per heavy atom. The Morgan fingerprint density at radius 3 is 2.76 bits per heavy atom. The summed E-state index contributed by atoms with van der Waals surface area (Å²) in [5.41, 5.74) is 0. The maximum atomic E-state index is 11.7. The average molecular weight is 262 g/mol. The van der Waals surface area contributed by atoms with Gasteiger partial charge in [0, 0.05) is 12.1 Å². The SMILES string of the molecule is CN(CC(=O)NC1CC1)C1CCCNCC1.Cl. The molecule has 1 saturated carbocycles. The molecule has 1 aliphatic carbocycles. The predicted octanol–water partition coefficient (Wildman–Crippen LogP) is 0.761. The second-order valence-electron chi connectivity index (χ2n) is 5.09. The van der Waals surface area contributed by atoms with Crippen LogP contribution in [-0.4, -0.2) is 49.6 Å². The number of likely N-dealkylation sites (N-methyl/N-ethyl adjacent to an activating group) is 1. The summed E-state index contributed by atoms with van der Waals surface area (Å²) < 4.78 is 0. The summed E-state index contributed by atoms with van der Waals surface area (Å²) in [6.07, 6.45) is 5.93. The first-order chi connectivity index (χ1) is 7.75. The van der Waals surface area contributed by atoms with Crippen molar-refractivity contribution in [1.82, 2.24) is 15.5 Å². The highest BCUT2D eigenvalue weighted by atomic mass is 35.5. The third-order valence-electron chi connectivity index (χ3n) is 3.50. The first-order valence-electron chi connectivity index (χ1n) is 6.46. The first-order valence-corrected chi connectivity index (χ1v) is 6.46. The van der Waals surface area contributed by atoms with E-state index in [2.05, 4.69) is 22.6 Å². The lowest BCUT2D eigenvalue weighted by Crippen LogP contribution is -2.41. The van der Waals surface area contributed by atoms with Gasteiger partial charge in [-0.15, -0.1) is 12.4 Å². The van der Waals surface area contributed by atoms with Crippen molar-refractivity contribution in [2.45, 2.75) is 44.2 Å². The van der Waals surface area contributed by atoms with E-state index in [1.165, 1.54) is 25.7 Å². The van der Waals surface area contributed by atoms with Crippen LogP contribution in [0.2, 0.25) is 0 Å². The Bertz CT molecular complexity index is 238. The summed E-state index contributed by atoms with van der Waals surface area (Å²) in [7, 11) is 2.07. The number of carbonyl (C=O) groups is 1. The van der Waals surface area contributed by atoms with Crippen LogP contribution in [0, 0.1) is 0 Å². The van der Waals surface area contributed by atoms with E-state index in [-0.39, 0.29) is 18.3 Å². The van der Waals surface area contributed by atoms with Crippen LogP contribution < -0.4 is 10.6 Å². The fourth-order valence-electron chi connectivity index (χ4n) is 2.30. The topological polar surface area (TPSA) is 44.4 Å². The molecule has 2 fully saturated rings. The number of hydrogen-bond donors (Lipinski definition) is 2. The summed E-state index contributed by atoms with van der Waals surface area (Å²) in [6, 6.07) is 1.05. The summed E-state index contributed by atoms with van der Waals surface area (Å²) in [5, 5.41) is 6.44. The van der Waals surface area contributed by atoms with E-state index >= 15 is 0 Å². The van der Waals surface area contributed by atoms with Crippen LogP contribution in [0.3, 0.4) is 0 Å². The molecule has 2 rings (SSSR count). The van der Waals surface area contributed by atoms with Crippen molar-refractivity contribution in [3.8, 4) is 0 Å². The van der Waals surface area contributed by atoms with Crippen molar-refractivity contribution in [3.05, 3.63) is 0 Å². The van der Waals surface area contributed by atoms with Crippen LogP contribution in [0.4, 0.5) is 0 Å². The number of halogens is 1. The third kappa shape index (κ3) is 5.23. The number of rotatable bonds is 4. The molecular formula is C12H24ClN3O. The molecule has 1 saturated heterocycles. The van der Waals surface area contributed by atoms with E-state index in [4.69, 9.17) is 0 Å². The summed E-state index contributed by atoms with van der Waals surface area (Å²) in [5.74, 6) is 0.196. The van der Waals surface area contributed by atoms with E-state index < -0.39 is 0 Å². The van der Waals surface area contributed by atoms with Crippen molar-refractivity contribution in [2.75, 3.05) is 26.7 Å². The molecule has 1 aliphatic heterocycles. The smallest absolute Gasteiger partial charge is 0.234 e. The van der Waals surface area contributed by atoms with Gasteiger partial charge in [0.25, 0.3) is 0 Å². The minimum Gasteiger partial charge on any atom is -0.352 e. The molecule has 2 N–H and O–H groups in total. The highest BCUT2D eigenvalue weighted by Gasteiger charge is 2.25. The molecule has 17 heavy (non-hydrogen) atoms. The Balaban J connectivity index is 0.00000144. The Kier molecular flexibility index (Phi) is 6.23. The second-order valence-corrected chi connectivity index (χ2v) is 5.09. The maximum absolute atomic E-state index is 11.7. The number of amides is 1. The second kappa shape index (κ2) is 7.19. The Hall–Kier alpha value is -0.320. The fraction of sp³-hybridized carbons (Fsp3) is 0.917. The van der Waals surface area contributed by atoms with E-state index in [1.807, 2.05) is 0 Å². The van der Waals surface area contributed by atoms with Gasteiger partial charge in [-0.05, 0) is 52.2 Å². The standard InChI is InChI=1S/C12H23N3O.ClH/c1-15(9-12(16)14-10-4-5-10)11-3-2-7-13-8-6-11;/h10-11,13H,2-9H2,1H3,(H,14,16);1H. The summed E-state index contributed by atoms with van der Waals surface area (Å²) in [4.78, 5) is 13.9. The minimum atomic E-state index is 0. The molecule has 5 heteroatoms. The van der Waals surface area contributed by atoms with Gasteiger partial charge in [0.1, 0.15) is 0 Å². The van der Waals surface area contributed by atoms with Crippen LogP contribution in [-0.2, 0) is 4.79 Å². The van der Waals surface area contributed by atoms with Crippen LogP contribution in [0.15, 0.2) is 0 Å². The van der Waals surface area contributed by atoms with Crippen molar-refractivity contribution in [3.63, 3.8) is 0 Å². The van der Waals surface area contributed by atoms with Crippen molar-refractivity contribution in [1.29, 1.82) is 0 Å². The quantitative estimate of drug-likeness (QED) is 0.786. The molecule has 4 nitrogen and oxygen atoms in total. The summed E-state index contributed by atoms with van der Waals surface area (Å²) in [6.45, 7) is 2.76. The summed E-state index contributed by atoms with van der Waals surface area (Å²) >= 11 is 0. The number of nitrogens with one attached hydrogen (secondary N) is 2. The average Bonchev–Trinajstić information content (AvgIpc) is 3.02. The lowest BCUT2D eigenvalue weighted by atomic mass is 10.1. The molecule has 2 aliphatic rings. The zero-order valence-corrected chi connectivity index (χ0v) is 11.4. The fourth-order valence-corrected chi connectivity index (χ4v) is 2.30. The largest absolute Gasteiger partial charge is 0.352 e. The molecule has 0 radical (unpaired) electrons. The van der Waals surface area contributed by atoms with Crippen LogP contribution in [0.5, 0.6) is 0 Å². The van der Waals surface area contributed by atoms with Crippen LogP contribution in [0.25, 0.3) is 0 Å². The van der Waals surface area contributed by atoms with Gasteiger partial charge in [-0.3, -0.25) is 9.69 Å². The number of carbonyl (C=O) groups excluding carboxylic acids is 1. The molecule has 1 heterocycles. The maximum Gasteiger partial charge on any atom is 0.234 e. The third-order valence-corrected chi connectivity index (χ3v) is 3.50. The van der Waals surface area contributed by atoms with Gasteiger partial charge in [0.05, 0.1) is 6.54 Å². The lowest BCUT2D eigenvalue weighted by molar-refractivity contribution is -0.122. The molecule has 0 aromatic rings. The molecule has 1 unspecified atom stereocenters. The molecule has 100 valence electrons. The Morgan fingerprint density at radius 1 is 1.29 bits per heavy atom. The molecule has 0 aromatic heterocycles. The highest BCUT2D eigenvalue weighted by Crippen LogP contribution is 2.18. The molecule has 0 spiro atoms. The van der Waals surface area contributed by atoms with Gasteiger partial charge in [0.2, 0.25) is 5.91 Å². The van der Waals surface area contributed by atoms with Gasteiger partial charge in [-0.25, -0.2) is 0 Å². The zero-order chi connectivity index (χ0) is 11.4. The van der Waals surface area contributed by atoms with Gasteiger partial charge in [-0.2, -0.15) is 0 Å². The molecule has 1 amide bonds. The minimum absolute atomic E-state index is 0. The molecule has 0 aromatic carbocycles. The van der Waals surface area contributed by atoms with Gasteiger partial charge in [-0.1, -0.05) is 0 Å². The van der Waals surface area contributed by atoms with Gasteiger partial charge < -0.3 is 10.6 Å². The Labute approximate surface area is 110 Å². The van der Waals surface area contributed by atoms with Crippen molar-refractivity contribution < 1.29 is 4.79 Å². The van der Waals surface area contributed by atoms with Gasteiger partial charge in [0.15, 0.2) is 0 Å². The molecule has 1 atom stereocenters. The van der Waals surface area contributed by atoms with E-state index in [0.29, 0.717) is 18.6 Å². The number of nitrogens with zero attached hydrogens (tertiary/aromatic N) is 1. The lowest BCUT2D eigenvalue weighted by Gasteiger charge is -2.26. The normalized spacial score (nSPS) is 24.9. The first kappa shape index (κ1) is 14.7. The van der Waals surface area contributed by atoms with Crippen molar-refractivity contribution >= 4 is 18.3 Å². The van der Waals surface area contributed by atoms with Crippen LogP contribution >= 0.6 is 12.4 Å². The van der Waals surface area contributed by atoms with E-state index in [1.54, 1.807) is 0 Å². The van der Waals surface area contributed by atoms with E-state index in [0.717, 1.165) is 19.5 Å². The zero-order valence-electron chi connectivity index (χ0n) is 10.6. The van der Waals surface area contributed by atoms with Crippen LogP contribution in [0.1, 0.15) is 32.1 Å². The molecular weight excluding hydrogens is 238 g/mol. The van der Waals surface area contributed by atoms with Crippen molar-refractivity contribution in [2.24, 2.45) is 0 Å². The monoisotopic (exact) mass is 261 g/mol. The molecule has 0 bridgehead atoms.